The molecule has 3 aliphatic rings. The molecule has 3 saturated carbocycles. The molecule has 0 aliphatic heterocycles. The van der Waals surface area contributed by atoms with E-state index in [1.165, 1.54) is 0 Å². The van der Waals surface area contributed by atoms with Crippen LogP contribution in [-0.2, 0) is 76.0 Å². The maximum absolute atomic E-state index is 12.0. The summed E-state index contributed by atoms with van der Waals surface area (Å²) in [4.78, 5) is 16.9. The number of phenols is 1. The SMILES string of the molecule is C[Si](C)(C)CCOCOCc1nc2c(O)c(Cl)c(Cl)cc2n1COCC[Si](C)(C)C.C[Si](C)(C)CCOCOCc1nc2c(OCC3CCCC(O)C3)c(Cl)c(Cl)cc2n1COCC[Si](C)(C)C.Cc1ccc(S(=O)(=O)OCC2CCCC(O)C2)cc1.OCc1nc2c(OCC3CCCC(O)C3)c(Cl)c(Cl)cc2[nH]1. The van der Waals surface area contributed by atoms with Gasteiger partial charge in [0.15, 0.2) is 17.2 Å². The topological polar surface area (TPSA) is 283 Å². The Balaban J connectivity index is 0.000000209. The van der Waals surface area contributed by atoms with Crippen LogP contribution in [0.5, 0.6) is 17.2 Å². The Hall–Kier alpha value is -3.19. The van der Waals surface area contributed by atoms with Gasteiger partial charge in [0.1, 0.15) is 96.0 Å². The molecule has 109 heavy (non-hydrogen) atoms. The summed E-state index contributed by atoms with van der Waals surface area (Å²) >= 11 is 37.8. The zero-order chi connectivity index (χ0) is 80.0. The number of aromatic amines is 1. The number of hydrogen-bond acceptors (Lipinski definition) is 19. The lowest BCUT2D eigenvalue weighted by molar-refractivity contribution is -0.0610. The molecular weight excluding hydrogens is 1610 g/mol. The highest BCUT2D eigenvalue weighted by atomic mass is 35.5. The third kappa shape index (κ3) is 31.1. The second-order valence-corrected chi connectivity index (χ2v) is 60.2. The number of aromatic hydroxyl groups is 1. The standard InChI is InChI=1S/C27H46Cl2N2O5Si2.C20H34Cl2N2O4Si2.C15H18Cl2N2O3.C14H20O4S/c1-37(2,3)12-10-33-18-31-23-15-22(28)25(29)27(36-16-20-8-7-9-21(32)14-20)26(23)30-24(31)17-35-19-34-11-13-38(4,5)6;1-29(2,3)9-7-26-13-24-16-11-15(21)18(22)20(25)19(16)23-17(24)12-28-14-27-8-10-30(4,5)6;16-10-5-11-14(19-12(6-20)18-11)15(13(10)17)22-7-8-2-1-3-9(21)4-8;1-11-5-7-14(8-6-11)19(16,17)18-10-12-3-2-4-13(15)9-12/h15,20-21,32H,7-14,16-19H2,1-6H3;11,25H,7-10,12-14H2,1-6H3;5,8-9,20-21H,1-4,6-7H2,(H,18,19);5-8,12-13,15H,2-4,9-10H2,1H3. The zero-order valence-electron chi connectivity index (χ0n) is 65.9. The Labute approximate surface area is 678 Å². The number of nitrogens with one attached hydrogen (secondary N) is 1. The number of imidazole rings is 3. The molecule has 6 unspecified atom stereocenters. The number of nitrogens with zero attached hydrogens (tertiary/aromatic N) is 5. The fraction of sp³-hybridized carbons (Fsp3) is 0.645. The lowest BCUT2D eigenvalue weighted by Gasteiger charge is -2.26. The first-order valence-electron chi connectivity index (χ1n) is 37.9. The molecule has 6 atom stereocenters. The van der Waals surface area contributed by atoms with Crippen LogP contribution in [0.4, 0.5) is 0 Å². The van der Waals surface area contributed by atoms with Crippen molar-refractivity contribution in [3.8, 4) is 17.2 Å². The smallest absolute Gasteiger partial charge is 0.296 e. The van der Waals surface area contributed by atoms with Gasteiger partial charge in [-0.3, -0.25) is 4.18 Å². The average molecular weight is 1730 g/mol. The highest BCUT2D eigenvalue weighted by Crippen LogP contribution is 2.43. The fourth-order valence-corrected chi connectivity index (χ4v) is 17.5. The lowest BCUT2D eigenvalue weighted by Crippen LogP contribution is -2.24. The van der Waals surface area contributed by atoms with E-state index >= 15 is 0 Å². The second kappa shape index (κ2) is 43.7. The highest BCUT2D eigenvalue weighted by Gasteiger charge is 2.29. The van der Waals surface area contributed by atoms with Gasteiger partial charge >= 0.3 is 0 Å². The van der Waals surface area contributed by atoms with Crippen molar-refractivity contribution in [1.29, 1.82) is 0 Å². The van der Waals surface area contributed by atoms with Crippen LogP contribution in [0.25, 0.3) is 33.1 Å². The molecule has 22 nitrogen and oxygen atoms in total. The van der Waals surface area contributed by atoms with Crippen LogP contribution < -0.4 is 9.47 Å². The van der Waals surface area contributed by atoms with Crippen molar-refractivity contribution >= 4 is 145 Å². The minimum Gasteiger partial charge on any atom is -0.504 e. The molecule has 3 aromatic heterocycles. The number of benzene rings is 4. The summed E-state index contributed by atoms with van der Waals surface area (Å²) in [6, 6.07) is 16.1. The predicted molar refractivity (Wildman–Crippen MR) is 448 cm³/mol. The van der Waals surface area contributed by atoms with Crippen LogP contribution in [-0.4, -0.2) is 173 Å². The van der Waals surface area contributed by atoms with Crippen LogP contribution in [0.1, 0.15) is 100 Å². The van der Waals surface area contributed by atoms with E-state index in [0.717, 1.165) is 106 Å². The van der Waals surface area contributed by atoms with Gasteiger partial charge in [-0.1, -0.05) is 185 Å². The minimum absolute atomic E-state index is 0.0932. The van der Waals surface area contributed by atoms with Crippen molar-refractivity contribution in [2.45, 2.75) is 243 Å². The molecule has 0 bridgehead atoms. The summed E-state index contributed by atoms with van der Waals surface area (Å²) in [5.41, 5.74) is 4.73. The number of aryl methyl sites for hydroxylation is 1. The first-order chi connectivity index (χ1) is 51.3. The van der Waals surface area contributed by atoms with E-state index in [9.17, 15) is 34.0 Å². The monoisotopic (exact) mass is 1720 g/mol. The summed E-state index contributed by atoms with van der Waals surface area (Å²) < 4.78 is 79.9. The largest absolute Gasteiger partial charge is 0.504 e. The van der Waals surface area contributed by atoms with E-state index < -0.39 is 42.4 Å². The number of aliphatic hydroxyl groups is 4. The number of fused-ring (bicyclic) bond motifs is 3. The summed E-state index contributed by atoms with van der Waals surface area (Å²) in [6.45, 7) is 34.9. The Kier molecular flexibility index (Phi) is 37.3. The van der Waals surface area contributed by atoms with E-state index in [1.807, 2.05) is 22.1 Å². The van der Waals surface area contributed by atoms with E-state index in [2.05, 4.69) is 93.5 Å². The maximum Gasteiger partial charge on any atom is 0.296 e. The van der Waals surface area contributed by atoms with Gasteiger partial charge in [0.05, 0.1) is 74.6 Å². The third-order valence-corrected chi connectivity index (χ3v) is 29.4. The van der Waals surface area contributed by atoms with Gasteiger partial charge < -0.3 is 77.5 Å². The molecule has 3 aliphatic carbocycles. The second-order valence-electron chi connectivity index (χ2n) is 33.7. The van der Waals surface area contributed by atoms with Gasteiger partial charge in [0, 0.05) is 58.7 Å². The quantitative estimate of drug-likeness (QED) is 0.00931. The van der Waals surface area contributed by atoms with Crippen molar-refractivity contribution in [2.24, 2.45) is 17.8 Å². The van der Waals surface area contributed by atoms with E-state index in [-0.39, 0.29) is 90.9 Å². The van der Waals surface area contributed by atoms with Crippen molar-refractivity contribution < 1.29 is 76.0 Å². The van der Waals surface area contributed by atoms with Gasteiger partial charge in [-0.25, -0.2) is 15.0 Å². The summed E-state index contributed by atoms with van der Waals surface area (Å²) in [5, 5.41) is 50.8. The molecule has 3 heterocycles. The Bertz CT molecular complexity index is 4100. The lowest BCUT2D eigenvalue weighted by atomic mass is 9.88. The molecule has 0 saturated heterocycles. The van der Waals surface area contributed by atoms with Crippen LogP contribution in [0, 0.1) is 24.7 Å². The number of aliphatic hydroxyl groups excluding tert-OH is 4. The summed E-state index contributed by atoms with van der Waals surface area (Å²) in [7, 11) is -8.35. The van der Waals surface area contributed by atoms with E-state index in [0.29, 0.717) is 142 Å². The first-order valence-corrected chi connectivity index (χ1v) is 56.4. The normalized spacial score (nSPS) is 18.8. The number of aromatic nitrogens is 6. The van der Waals surface area contributed by atoms with Gasteiger partial charge in [-0.2, -0.15) is 8.42 Å². The molecule has 0 spiro atoms. The van der Waals surface area contributed by atoms with Crippen molar-refractivity contribution in [3.63, 3.8) is 0 Å². The number of ether oxygens (including phenoxy) is 8. The van der Waals surface area contributed by atoms with Crippen LogP contribution >= 0.6 is 69.6 Å². The summed E-state index contributed by atoms with van der Waals surface area (Å²) in [6.07, 6.45) is 9.69. The molecular formula is C76H118Cl6N6O16SSi4. The molecule has 33 heteroatoms. The van der Waals surface area contributed by atoms with Crippen LogP contribution in [0.3, 0.4) is 0 Å². The Morgan fingerprint density at radius 1 is 0.505 bits per heavy atom. The number of hydrogen-bond donors (Lipinski definition) is 6. The number of H-pyrrole nitrogens is 1. The maximum atomic E-state index is 12.0. The molecule has 6 N–H and O–H groups in total. The van der Waals surface area contributed by atoms with Gasteiger partial charge in [0.25, 0.3) is 10.1 Å². The molecule has 0 radical (unpaired) electrons. The van der Waals surface area contributed by atoms with Crippen molar-refractivity contribution in [1.82, 2.24) is 29.1 Å². The number of rotatable bonds is 35. The fourth-order valence-electron chi connectivity index (χ4n) is 12.4. The number of phenolic OH excluding ortho intramolecular Hbond substituents is 1. The van der Waals surface area contributed by atoms with Crippen LogP contribution in [0.15, 0.2) is 47.4 Å². The summed E-state index contributed by atoms with van der Waals surface area (Å²) in [5.74, 6) is 3.24. The average Bonchev–Trinajstić information content (AvgIpc) is 1.65. The molecule has 4 aromatic carbocycles. The predicted octanol–water partition coefficient (Wildman–Crippen LogP) is 19.1. The number of halogens is 6. The van der Waals surface area contributed by atoms with Crippen LogP contribution in [0.2, 0.25) is 133 Å². The molecule has 10 rings (SSSR count). The zero-order valence-corrected chi connectivity index (χ0v) is 75.2. The van der Waals surface area contributed by atoms with Gasteiger partial charge in [-0.15, -0.1) is 0 Å². The van der Waals surface area contributed by atoms with Gasteiger partial charge in [0.2, 0.25) is 0 Å². The van der Waals surface area contributed by atoms with E-state index in [4.69, 9.17) is 117 Å². The third-order valence-electron chi connectivity index (χ3n) is 19.0. The molecule has 7 aromatic rings. The Morgan fingerprint density at radius 3 is 1.33 bits per heavy atom. The highest BCUT2D eigenvalue weighted by molar-refractivity contribution is 7.86. The first kappa shape index (κ1) is 93.0. The van der Waals surface area contributed by atoms with E-state index in [1.54, 1.807) is 36.4 Å². The molecule has 0 amide bonds. The minimum atomic E-state index is -3.68. The molecule has 3 fully saturated rings. The van der Waals surface area contributed by atoms with Gasteiger partial charge in [-0.05, 0) is 137 Å². The molecule has 612 valence electrons. The Morgan fingerprint density at radius 2 is 0.899 bits per heavy atom. The van der Waals surface area contributed by atoms with Crippen molar-refractivity contribution in [2.75, 3.05) is 59.8 Å². The van der Waals surface area contributed by atoms with Crippen molar-refractivity contribution in [3.05, 3.63) is 95.6 Å².